The Labute approximate surface area is 141 Å². The SMILES string of the molecule is NC(=O)c1ccccc1C=CCCNC(=O)OCc1ccccc1. The fourth-order valence-corrected chi connectivity index (χ4v) is 2.11. The van der Waals surface area contributed by atoms with Crippen molar-refractivity contribution in [3.05, 3.63) is 77.4 Å². The minimum atomic E-state index is -0.460. The smallest absolute Gasteiger partial charge is 0.407 e. The lowest BCUT2D eigenvalue weighted by molar-refractivity contribution is 0.1000. The Kier molecular flexibility index (Phi) is 6.58. The van der Waals surface area contributed by atoms with Gasteiger partial charge in [-0.2, -0.15) is 0 Å². The Hall–Kier alpha value is -3.08. The largest absolute Gasteiger partial charge is 0.445 e. The number of rotatable bonds is 7. The molecule has 2 aromatic carbocycles. The molecule has 0 aliphatic rings. The molecule has 0 bridgehead atoms. The van der Waals surface area contributed by atoms with Crippen molar-refractivity contribution in [3.8, 4) is 0 Å². The van der Waals surface area contributed by atoms with Gasteiger partial charge >= 0.3 is 6.09 Å². The van der Waals surface area contributed by atoms with Crippen molar-refractivity contribution in [2.24, 2.45) is 5.73 Å². The number of nitrogens with two attached hydrogens (primary N) is 1. The second-order valence-corrected chi connectivity index (χ2v) is 5.13. The van der Waals surface area contributed by atoms with Crippen LogP contribution in [0.15, 0.2) is 60.7 Å². The predicted molar refractivity (Wildman–Crippen MR) is 93.2 cm³/mol. The molecule has 124 valence electrons. The normalized spacial score (nSPS) is 10.5. The Balaban J connectivity index is 1.71. The molecule has 5 heteroatoms. The molecule has 0 unspecified atom stereocenters. The maximum atomic E-state index is 11.6. The van der Waals surface area contributed by atoms with Gasteiger partial charge in [-0.05, 0) is 23.6 Å². The highest BCUT2D eigenvalue weighted by molar-refractivity contribution is 5.96. The van der Waals surface area contributed by atoms with Crippen molar-refractivity contribution in [1.29, 1.82) is 0 Å². The number of nitrogens with one attached hydrogen (secondary N) is 1. The summed E-state index contributed by atoms with van der Waals surface area (Å²) in [5, 5.41) is 2.67. The number of carbonyl (C=O) groups excluding carboxylic acids is 2. The molecule has 2 rings (SSSR count). The Morgan fingerprint density at radius 1 is 1.04 bits per heavy atom. The fraction of sp³-hybridized carbons (Fsp3) is 0.158. The highest BCUT2D eigenvalue weighted by atomic mass is 16.5. The van der Waals surface area contributed by atoms with Crippen LogP contribution < -0.4 is 11.1 Å². The molecule has 3 N–H and O–H groups in total. The number of amides is 2. The summed E-state index contributed by atoms with van der Waals surface area (Å²) in [6.45, 7) is 0.692. The van der Waals surface area contributed by atoms with Crippen molar-refractivity contribution >= 4 is 18.1 Å². The maximum Gasteiger partial charge on any atom is 0.407 e. The van der Waals surface area contributed by atoms with Gasteiger partial charge in [0.15, 0.2) is 0 Å². The third-order valence-electron chi connectivity index (χ3n) is 3.32. The summed E-state index contributed by atoms with van der Waals surface area (Å²) in [6.07, 6.45) is 3.86. The molecule has 2 amide bonds. The lowest BCUT2D eigenvalue weighted by Crippen LogP contribution is -2.24. The highest BCUT2D eigenvalue weighted by Gasteiger charge is 2.04. The van der Waals surface area contributed by atoms with Crippen LogP contribution in [-0.2, 0) is 11.3 Å². The van der Waals surface area contributed by atoms with Gasteiger partial charge in [0.1, 0.15) is 6.61 Å². The zero-order valence-corrected chi connectivity index (χ0v) is 13.3. The quantitative estimate of drug-likeness (QED) is 0.768. The predicted octanol–water partition coefficient (Wildman–Crippen LogP) is 3.12. The summed E-state index contributed by atoms with van der Waals surface area (Å²) >= 11 is 0. The Morgan fingerprint density at radius 2 is 1.75 bits per heavy atom. The molecule has 0 atom stereocenters. The van der Waals surface area contributed by atoms with Gasteiger partial charge in [-0.25, -0.2) is 4.79 Å². The molecule has 0 spiro atoms. The van der Waals surface area contributed by atoms with Gasteiger partial charge < -0.3 is 15.8 Å². The van der Waals surface area contributed by atoms with Crippen LogP contribution >= 0.6 is 0 Å². The minimum absolute atomic E-state index is 0.245. The second kappa shape index (κ2) is 9.15. The van der Waals surface area contributed by atoms with Crippen LogP contribution in [0.25, 0.3) is 6.08 Å². The molecule has 24 heavy (non-hydrogen) atoms. The van der Waals surface area contributed by atoms with Crippen LogP contribution in [0.2, 0.25) is 0 Å². The maximum absolute atomic E-state index is 11.6. The summed E-state index contributed by atoms with van der Waals surface area (Å²) in [7, 11) is 0. The van der Waals surface area contributed by atoms with Crippen molar-refractivity contribution in [2.45, 2.75) is 13.0 Å². The van der Waals surface area contributed by atoms with E-state index in [2.05, 4.69) is 5.32 Å². The number of carbonyl (C=O) groups is 2. The molecule has 0 saturated heterocycles. The van der Waals surface area contributed by atoms with Gasteiger partial charge in [0, 0.05) is 12.1 Å². The average molecular weight is 324 g/mol. The van der Waals surface area contributed by atoms with Crippen LogP contribution in [0.1, 0.15) is 27.9 Å². The monoisotopic (exact) mass is 324 g/mol. The van der Waals surface area contributed by atoms with E-state index in [0.29, 0.717) is 18.5 Å². The molecule has 5 nitrogen and oxygen atoms in total. The lowest BCUT2D eigenvalue weighted by Gasteiger charge is -2.06. The first-order valence-electron chi connectivity index (χ1n) is 7.67. The number of hydrogen-bond acceptors (Lipinski definition) is 3. The van der Waals surface area contributed by atoms with E-state index in [4.69, 9.17) is 10.5 Å². The topological polar surface area (TPSA) is 81.4 Å². The minimum Gasteiger partial charge on any atom is -0.445 e. The van der Waals surface area contributed by atoms with E-state index in [9.17, 15) is 9.59 Å². The standard InChI is InChI=1S/C19H20N2O3/c20-18(22)17-12-5-4-10-16(17)11-6-7-13-21-19(23)24-14-15-8-2-1-3-9-15/h1-6,8-12H,7,13-14H2,(H2,20,22)(H,21,23). The van der Waals surface area contributed by atoms with Gasteiger partial charge in [0.05, 0.1) is 0 Å². The van der Waals surface area contributed by atoms with E-state index in [1.54, 1.807) is 12.1 Å². The van der Waals surface area contributed by atoms with Crippen LogP contribution in [0.3, 0.4) is 0 Å². The van der Waals surface area contributed by atoms with Crippen LogP contribution in [0.5, 0.6) is 0 Å². The van der Waals surface area contributed by atoms with Crippen LogP contribution in [0, 0.1) is 0 Å². The summed E-state index contributed by atoms with van der Waals surface area (Å²) in [5.41, 5.74) is 7.50. The molecule has 0 heterocycles. The van der Waals surface area contributed by atoms with Crippen molar-refractivity contribution in [1.82, 2.24) is 5.32 Å². The molecular weight excluding hydrogens is 304 g/mol. The number of hydrogen-bond donors (Lipinski definition) is 2. The average Bonchev–Trinajstić information content (AvgIpc) is 2.61. The first-order chi connectivity index (χ1) is 11.7. The molecule has 0 saturated carbocycles. The number of benzene rings is 2. The van der Waals surface area contributed by atoms with E-state index in [1.165, 1.54) is 0 Å². The molecule has 0 fully saturated rings. The second-order valence-electron chi connectivity index (χ2n) is 5.13. The number of alkyl carbamates (subject to hydrolysis) is 1. The summed E-state index contributed by atoms with van der Waals surface area (Å²) in [6, 6.07) is 16.6. The zero-order chi connectivity index (χ0) is 17.2. The molecule has 0 aliphatic heterocycles. The van der Waals surface area contributed by atoms with Crippen LogP contribution in [-0.4, -0.2) is 18.5 Å². The molecular formula is C19H20N2O3. The molecule has 0 radical (unpaired) electrons. The summed E-state index contributed by atoms with van der Waals surface area (Å²) in [4.78, 5) is 22.9. The van der Waals surface area contributed by atoms with Gasteiger partial charge in [-0.1, -0.05) is 60.7 Å². The van der Waals surface area contributed by atoms with Crippen molar-refractivity contribution < 1.29 is 14.3 Å². The van der Waals surface area contributed by atoms with Gasteiger partial charge in [0.2, 0.25) is 5.91 Å². The highest BCUT2D eigenvalue weighted by Crippen LogP contribution is 2.10. The van der Waals surface area contributed by atoms with Crippen molar-refractivity contribution in [3.63, 3.8) is 0 Å². The van der Waals surface area contributed by atoms with Crippen molar-refractivity contribution in [2.75, 3.05) is 6.54 Å². The van der Waals surface area contributed by atoms with E-state index >= 15 is 0 Å². The number of primary amides is 1. The zero-order valence-electron chi connectivity index (χ0n) is 13.3. The molecule has 0 aromatic heterocycles. The Morgan fingerprint density at radius 3 is 2.50 bits per heavy atom. The summed E-state index contributed by atoms with van der Waals surface area (Å²) in [5.74, 6) is -0.460. The summed E-state index contributed by atoms with van der Waals surface area (Å²) < 4.78 is 5.11. The van der Waals surface area contributed by atoms with E-state index < -0.39 is 12.0 Å². The third kappa shape index (κ3) is 5.61. The van der Waals surface area contributed by atoms with Gasteiger partial charge in [-0.3, -0.25) is 4.79 Å². The lowest BCUT2D eigenvalue weighted by atomic mass is 10.1. The molecule has 0 aliphatic carbocycles. The van der Waals surface area contributed by atoms with E-state index in [0.717, 1.165) is 11.1 Å². The Bertz CT molecular complexity index is 712. The number of ether oxygens (including phenoxy) is 1. The van der Waals surface area contributed by atoms with Gasteiger partial charge in [-0.15, -0.1) is 0 Å². The van der Waals surface area contributed by atoms with E-state index in [1.807, 2.05) is 54.6 Å². The fourth-order valence-electron chi connectivity index (χ4n) is 2.11. The first-order valence-corrected chi connectivity index (χ1v) is 7.67. The van der Waals surface area contributed by atoms with Gasteiger partial charge in [0.25, 0.3) is 0 Å². The van der Waals surface area contributed by atoms with E-state index in [-0.39, 0.29) is 6.61 Å². The third-order valence-corrected chi connectivity index (χ3v) is 3.32. The molecule has 2 aromatic rings. The first kappa shape index (κ1) is 17.3. The van der Waals surface area contributed by atoms with Crippen LogP contribution in [0.4, 0.5) is 4.79 Å².